The second-order valence-corrected chi connectivity index (χ2v) is 8.08. The molecule has 20 heavy (non-hydrogen) atoms. The molecule has 1 amide bonds. The maximum absolute atomic E-state index is 12.3. The van der Waals surface area contributed by atoms with Crippen LogP contribution in [0.5, 0.6) is 0 Å². The van der Waals surface area contributed by atoms with Crippen molar-refractivity contribution in [2.24, 2.45) is 17.8 Å². The fourth-order valence-electron chi connectivity index (χ4n) is 3.61. The van der Waals surface area contributed by atoms with Crippen LogP contribution < -0.4 is 10.6 Å². The predicted molar refractivity (Wildman–Crippen MR) is 87.0 cm³/mol. The number of hydrogen-bond donors (Lipinski definition) is 2. The molecule has 3 nitrogen and oxygen atoms in total. The zero-order chi connectivity index (χ0) is 14.5. The fraction of sp³-hybridized carbons (Fsp3) is 0.938. The number of hydrogen-bond acceptors (Lipinski definition) is 3. The van der Waals surface area contributed by atoms with E-state index in [9.17, 15) is 4.79 Å². The van der Waals surface area contributed by atoms with Crippen LogP contribution in [0, 0.1) is 17.8 Å². The molecular weight excluding hydrogens is 268 g/mol. The van der Waals surface area contributed by atoms with Gasteiger partial charge in [-0.3, -0.25) is 4.79 Å². The Hall–Kier alpha value is -0.220. The lowest BCUT2D eigenvalue weighted by atomic mass is 9.74. The molecule has 4 unspecified atom stereocenters. The molecule has 4 heteroatoms. The number of thioether (sulfide) groups is 1. The van der Waals surface area contributed by atoms with E-state index in [1.807, 2.05) is 11.8 Å². The average molecular weight is 298 g/mol. The van der Waals surface area contributed by atoms with Crippen LogP contribution in [0.15, 0.2) is 0 Å². The Balaban J connectivity index is 1.83. The monoisotopic (exact) mass is 298 g/mol. The van der Waals surface area contributed by atoms with Crippen LogP contribution in [-0.4, -0.2) is 36.0 Å². The Bertz CT molecular complexity index is 316. The van der Waals surface area contributed by atoms with Crippen molar-refractivity contribution >= 4 is 17.7 Å². The van der Waals surface area contributed by atoms with Gasteiger partial charge in [-0.2, -0.15) is 11.8 Å². The molecule has 1 aliphatic heterocycles. The summed E-state index contributed by atoms with van der Waals surface area (Å²) < 4.78 is 0. The highest BCUT2D eigenvalue weighted by atomic mass is 32.2. The highest BCUT2D eigenvalue weighted by Crippen LogP contribution is 2.33. The molecular formula is C16H30N2OS. The van der Waals surface area contributed by atoms with Crippen molar-refractivity contribution < 1.29 is 4.79 Å². The third-order valence-corrected chi connectivity index (χ3v) is 5.93. The topological polar surface area (TPSA) is 41.1 Å². The molecule has 0 aromatic rings. The van der Waals surface area contributed by atoms with Crippen LogP contribution in [0.3, 0.4) is 0 Å². The molecule has 1 heterocycles. The first-order valence-corrected chi connectivity index (χ1v) is 9.32. The summed E-state index contributed by atoms with van der Waals surface area (Å²) in [6.45, 7) is 7.94. The molecule has 2 rings (SSSR count). The number of amides is 1. The molecule has 2 N–H and O–H groups in total. The molecule has 2 fully saturated rings. The van der Waals surface area contributed by atoms with Gasteiger partial charge in [-0.25, -0.2) is 0 Å². The molecule has 1 aliphatic carbocycles. The zero-order valence-electron chi connectivity index (χ0n) is 13.2. The van der Waals surface area contributed by atoms with E-state index in [1.165, 1.54) is 18.6 Å². The van der Waals surface area contributed by atoms with Crippen LogP contribution in [0.25, 0.3) is 0 Å². The first-order chi connectivity index (χ1) is 9.56. The first-order valence-electron chi connectivity index (χ1n) is 8.16. The van der Waals surface area contributed by atoms with E-state index in [0.717, 1.165) is 24.6 Å². The van der Waals surface area contributed by atoms with E-state index in [2.05, 4.69) is 31.4 Å². The Morgan fingerprint density at radius 1 is 1.40 bits per heavy atom. The van der Waals surface area contributed by atoms with Gasteiger partial charge in [0, 0.05) is 36.6 Å². The van der Waals surface area contributed by atoms with Crippen molar-refractivity contribution in [3.8, 4) is 0 Å². The standard InChI is InChI=1S/C16H30N2OS/c1-11(2)14-5-4-12(3)8-15(14)18-16(19)9-13-10-20-7-6-17-13/h11-15,17H,4-10H2,1-3H3,(H,18,19). The van der Waals surface area contributed by atoms with Gasteiger partial charge in [0.15, 0.2) is 0 Å². The number of nitrogens with one attached hydrogen (secondary N) is 2. The maximum atomic E-state index is 12.3. The number of carbonyl (C=O) groups is 1. The van der Waals surface area contributed by atoms with Gasteiger partial charge in [-0.1, -0.05) is 27.2 Å². The van der Waals surface area contributed by atoms with E-state index in [1.54, 1.807) is 0 Å². The molecule has 0 bridgehead atoms. The second kappa shape index (κ2) is 7.69. The van der Waals surface area contributed by atoms with Crippen molar-refractivity contribution in [3.63, 3.8) is 0 Å². The first kappa shape index (κ1) is 16.2. The van der Waals surface area contributed by atoms with Crippen molar-refractivity contribution in [1.29, 1.82) is 0 Å². The minimum Gasteiger partial charge on any atom is -0.353 e. The van der Waals surface area contributed by atoms with Crippen molar-refractivity contribution in [2.45, 2.75) is 58.5 Å². The van der Waals surface area contributed by atoms with Crippen LogP contribution in [-0.2, 0) is 4.79 Å². The molecule has 0 aromatic carbocycles. The van der Waals surface area contributed by atoms with Gasteiger partial charge in [0.1, 0.15) is 0 Å². The molecule has 1 saturated carbocycles. The molecule has 116 valence electrons. The van der Waals surface area contributed by atoms with Gasteiger partial charge < -0.3 is 10.6 Å². The summed E-state index contributed by atoms with van der Waals surface area (Å²) in [5, 5.41) is 6.79. The summed E-state index contributed by atoms with van der Waals surface area (Å²) in [6.07, 6.45) is 4.38. The van der Waals surface area contributed by atoms with E-state index < -0.39 is 0 Å². The van der Waals surface area contributed by atoms with Gasteiger partial charge in [0.25, 0.3) is 0 Å². The molecule has 0 aromatic heterocycles. The lowest BCUT2D eigenvalue weighted by molar-refractivity contribution is -0.123. The Kier molecular flexibility index (Phi) is 6.21. The molecule has 0 radical (unpaired) electrons. The van der Waals surface area contributed by atoms with E-state index in [0.29, 0.717) is 30.3 Å². The maximum Gasteiger partial charge on any atom is 0.221 e. The lowest BCUT2D eigenvalue weighted by Crippen LogP contribution is -2.48. The Morgan fingerprint density at radius 2 is 2.20 bits per heavy atom. The van der Waals surface area contributed by atoms with Crippen LogP contribution in [0.4, 0.5) is 0 Å². The number of carbonyl (C=O) groups excluding carboxylic acids is 1. The van der Waals surface area contributed by atoms with Crippen molar-refractivity contribution in [2.75, 3.05) is 18.1 Å². The lowest BCUT2D eigenvalue weighted by Gasteiger charge is -2.38. The van der Waals surface area contributed by atoms with Gasteiger partial charge >= 0.3 is 0 Å². The quantitative estimate of drug-likeness (QED) is 0.838. The van der Waals surface area contributed by atoms with E-state index in [-0.39, 0.29) is 5.91 Å². The summed E-state index contributed by atoms with van der Waals surface area (Å²) in [6, 6.07) is 0.759. The molecule has 1 saturated heterocycles. The minimum atomic E-state index is 0.245. The third kappa shape index (κ3) is 4.66. The third-order valence-electron chi connectivity index (χ3n) is 4.80. The smallest absolute Gasteiger partial charge is 0.221 e. The van der Waals surface area contributed by atoms with Gasteiger partial charge in [-0.15, -0.1) is 0 Å². The van der Waals surface area contributed by atoms with Crippen LogP contribution >= 0.6 is 11.8 Å². The summed E-state index contributed by atoms with van der Waals surface area (Å²) in [4.78, 5) is 12.3. The largest absolute Gasteiger partial charge is 0.353 e. The molecule has 0 spiro atoms. The van der Waals surface area contributed by atoms with Crippen LogP contribution in [0.1, 0.15) is 46.5 Å². The summed E-state index contributed by atoms with van der Waals surface area (Å²) in [5.74, 6) is 4.56. The second-order valence-electron chi connectivity index (χ2n) is 6.93. The SMILES string of the molecule is CC1CCC(C(C)C)C(NC(=O)CC2CSCCN2)C1. The predicted octanol–water partition coefficient (Wildman–Crippen LogP) is 2.66. The minimum absolute atomic E-state index is 0.245. The van der Waals surface area contributed by atoms with E-state index in [4.69, 9.17) is 0 Å². The fourth-order valence-corrected chi connectivity index (χ4v) is 4.56. The van der Waals surface area contributed by atoms with Gasteiger partial charge in [0.05, 0.1) is 0 Å². The normalized spacial score (nSPS) is 35.0. The average Bonchev–Trinajstić information content (AvgIpc) is 2.39. The summed E-state index contributed by atoms with van der Waals surface area (Å²) in [5.41, 5.74) is 0. The highest BCUT2D eigenvalue weighted by molar-refractivity contribution is 7.99. The zero-order valence-corrected chi connectivity index (χ0v) is 14.0. The van der Waals surface area contributed by atoms with Crippen molar-refractivity contribution in [3.05, 3.63) is 0 Å². The number of rotatable bonds is 4. The summed E-state index contributed by atoms with van der Waals surface area (Å²) in [7, 11) is 0. The highest BCUT2D eigenvalue weighted by Gasteiger charge is 2.32. The van der Waals surface area contributed by atoms with Crippen molar-refractivity contribution in [1.82, 2.24) is 10.6 Å². The summed E-state index contributed by atoms with van der Waals surface area (Å²) >= 11 is 1.95. The van der Waals surface area contributed by atoms with Gasteiger partial charge in [-0.05, 0) is 30.6 Å². The van der Waals surface area contributed by atoms with Gasteiger partial charge in [0.2, 0.25) is 5.91 Å². The Labute approximate surface area is 128 Å². The molecule has 2 aliphatic rings. The van der Waals surface area contributed by atoms with E-state index >= 15 is 0 Å². The Morgan fingerprint density at radius 3 is 2.85 bits per heavy atom. The molecule has 4 atom stereocenters. The van der Waals surface area contributed by atoms with Crippen LogP contribution in [0.2, 0.25) is 0 Å².